The first-order valence-corrected chi connectivity index (χ1v) is 31.4. The Morgan fingerprint density at radius 1 is 0.544 bits per heavy atom. The fourth-order valence-electron chi connectivity index (χ4n) is 9.77. The molecule has 19 N–H and O–H groups in total. The standard InChI is InChI=1S/C20H39BN6O7.C19H39BN6O6.C16H27BN2O5/c22-20(19(29)30,6-1-2-8-21(31)32)7-12-27-10-3-17(4-11-27)25-18(28)5-13-33-15-16-34-14-9-24-26-23;21-19(18(27)28,5-1-2-7-20(29)30)6-12-26-10-3-17(4-11-26)23-8-13-31-15-16-32-14-9-24-25-22;18-16(15(21)22,8-1-2-10-17(23)24)9-12-19-11-7-13-3-5-14(20)6-4-13/h17,31-32H,1-16,22H2,(H,25,28)(H,29,30);17,23,29-30H,1-16,21H2,(H,27,28);3-6,19-20,23-24H,1-2,7-12,18H2,(H,21,22). The number of carbonyl (C=O) groups is 4. The molecule has 2 saturated heterocycles. The van der Waals surface area contributed by atoms with E-state index in [0.29, 0.717) is 162 Å². The van der Waals surface area contributed by atoms with E-state index in [9.17, 15) is 39.6 Å². The quantitative estimate of drug-likeness (QED) is 0.0140. The monoisotopic (exact) mass is 1280 g/mol. The van der Waals surface area contributed by atoms with Gasteiger partial charge in [-0.15, -0.1) is 0 Å². The van der Waals surface area contributed by atoms with Crippen molar-refractivity contribution in [1.82, 2.24) is 25.8 Å². The number of hydrogen-bond donors (Lipinski definition) is 16. The van der Waals surface area contributed by atoms with Gasteiger partial charge in [0.2, 0.25) is 5.91 Å². The van der Waals surface area contributed by atoms with Crippen molar-refractivity contribution in [3.63, 3.8) is 0 Å². The van der Waals surface area contributed by atoms with Crippen LogP contribution in [0.1, 0.15) is 115 Å². The maximum absolute atomic E-state index is 12.1. The van der Waals surface area contributed by atoms with E-state index < -0.39 is 55.9 Å². The van der Waals surface area contributed by atoms with Gasteiger partial charge in [-0.1, -0.05) is 60.9 Å². The molecule has 90 heavy (non-hydrogen) atoms. The molecule has 0 aliphatic carbocycles. The van der Waals surface area contributed by atoms with Crippen molar-refractivity contribution in [3.8, 4) is 5.75 Å². The second-order valence-electron chi connectivity index (χ2n) is 22.8. The number of carboxylic acid groups (broad SMARTS) is 3. The van der Waals surface area contributed by atoms with Crippen LogP contribution in [0.15, 0.2) is 34.5 Å². The third-order valence-corrected chi connectivity index (χ3v) is 15.5. The number of carboxylic acids is 3. The van der Waals surface area contributed by atoms with Gasteiger partial charge in [0, 0.05) is 74.1 Å². The van der Waals surface area contributed by atoms with Crippen LogP contribution < -0.4 is 33.2 Å². The zero-order valence-corrected chi connectivity index (χ0v) is 52.5. The van der Waals surface area contributed by atoms with Gasteiger partial charge in [0.25, 0.3) is 0 Å². The Balaban J connectivity index is 0.000000685. The Kier molecular flexibility index (Phi) is 46.7. The number of phenols is 1. The largest absolute Gasteiger partial charge is 0.508 e. The lowest BCUT2D eigenvalue weighted by atomic mass is 9.81. The molecule has 35 heteroatoms. The molecule has 0 aromatic heterocycles. The average molecular weight is 1280 g/mol. The van der Waals surface area contributed by atoms with Gasteiger partial charge in [-0.05, 0) is 145 Å². The highest BCUT2D eigenvalue weighted by Crippen LogP contribution is 2.23. The molecule has 2 heterocycles. The summed E-state index contributed by atoms with van der Waals surface area (Å²) in [6.45, 7) is 10.4. The Hall–Kier alpha value is -4.97. The van der Waals surface area contributed by atoms with E-state index in [1.54, 1.807) is 12.1 Å². The second-order valence-corrected chi connectivity index (χ2v) is 22.8. The van der Waals surface area contributed by atoms with E-state index in [1.165, 1.54) is 0 Å². The topological polar surface area (TPSA) is 526 Å². The van der Waals surface area contributed by atoms with Crippen molar-refractivity contribution in [2.45, 2.75) is 163 Å². The molecule has 0 saturated carbocycles. The summed E-state index contributed by atoms with van der Waals surface area (Å²) in [4.78, 5) is 56.5. The summed E-state index contributed by atoms with van der Waals surface area (Å²) < 4.78 is 21.3. The van der Waals surface area contributed by atoms with Crippen molar-refractivity contribution in [1.29, 1.82) is 0 Å². The van der Waals surface area contributed by atoms with Crippen LogP contribution in [0.3, 0.4) is 0 Å². The molecule has 2 aliphatic rings. The zero-order chi connectivity index (χ0) is 66.9. The van der Waals surface area contributed by atoms with Crippen LogP contribution in [0.5, 0.6) is 5.75 Å². The number of hydrogen-bond acceptors (Lipinski definition) is 24. The van der Waals surface area contributed by atoms with Gasteiger partial charge in [0.15, 0.2) is 0 Å². The molecule has 0 bridgehead atoms. The van der Waals surface area contributed by atoms with Gasteiger partial charge in [-0.2, -0.15) is 0 Å². The second kappa shape index (κ2) is 50.6. The lowest BCUT2D eigenvalue weighted by Crippen LogP contribution is -2.51. The first-order valence-electron chi connectivity index (χ1n) is 31.4. The van der Waals surface area contributed by atoms with E-state index in [-0.39, 0.29) is 56.0 Å². The van der Waals surface area contributed by atoms with Gasteiger partial charge in [0.1, 0.15) is 22.4 Å². The predicted octanol–water partition coefficient (Wildman–Crippen LogP) is 0.655. The van der Waals surface area contributed by atoms with Crippen LogP contribution in [0.25, 0.3) is 20.9 Å². The van der Waals surface area contributed by atoms with E-state index in [4.69, 9.17) is 77.4 Å². The molecule has 0 spiro atoms. The van der Waals surface area contributed by atoms with Gasteiger partial charge < -0.3 is 112 Å². The van der Waals surface area contributed by atoms with Crippen molar-refractivity contribution >= 4 is 45.2 Å². The van der Waals surface area contributed by atoms with Crippen molar-refractivity contribution < 1.29 is 88.7 Å². The molecular weight excluding hydrogens is 1180 g/mol. The minimum atomic E-state index is -1.38. The zero-order valence-electron chi connectivity index (χ0n) is 52.5. The molecule has 3 rings (SSSR count). The number of ether oxygens (including phenoxy) is 4. The SMILES string of the molecule is NC(CCCCB(O)O)(CCNCCc1ccc(O)cc1)C(=O)O.[N-]=[N+]=NCCOCCOCCC(=O)NC1CCN(CCC(N)(CCCCB(O)O)C(=O)O)CC1.[N-]=[N+]=NCCOCCOCCNC1CCN(CCC(N)(CCCCB(O)O)C(=O)O)CC1. The molecule has 0 radical (unpaired) electrons. The summed E-state index contributed by atoms with van der Waals surface area (Å²) >= 11 is 0. The number of piperidine rings is 2. The number of unbranched alkanes of at least 4 members (excludes halogenated alkanes) is 3. The maximum atomic E-state index is 12.1. The number of benzene rings is 1. The van der Waals surface area contributed by atoms with Crippen LogP contribution in [-0.2, 0) is 44.5 Å². The summed E-state index contributed by atoms with van der Waals surface area (Å²) in [5.74, 6) is -2.91. The molecule has 1 aromatic rings. The number of aliphatic carboxylic acids is 3. The van der Waals surface area contributed by atoms with E-state index in [0.717, 1.165) is 70.4 Å². The van der Waals surface area contributed by atoms with Crippen LogP contribution in [-0.4, -0.2) is 259 Å². The Morgan fingerprint density at radius 2 is 0.944 bits per heavy atom. The predicted molar refractivity (Wildman–Crippen MR) is 340 cm³/mol. The number of nitrogens with zero attached hydrogens (tertiary/aromatic N) is 8. The third-order valence-electron chi connectivity index (χ3n) is 15.5. The number of phenolic OH excluding ortho intramolecular Hbond substituents is 1. The van der Waals surface area contributed by atoms with Gasteiger partial charge >= 0.3 is 39.3 Å². The Morgan fingerprint density at radius 3 is 1.36 bits per heavy atom. The molecule has 512 valence electrons. The fourth-order valence-corrected chi connectivity index (χ4v) is 9.77. The average Bonchev–Trinajstić information content (AvgIpc) is 2.40. The molecule has 32 nitrogen and oxygen atoms in total. The number of rotatable bonds is 50. The molecule has 3 unspecified atom stereocenters. The number of amides is 1. The molecular formula is C55H105B3N14O18. The number of aromatic hydroxyl groups is 1. The van der Waals surface area contributed by atoms with Gasteiger partial charge in [0.05, 0.1) is 52.9 Å². The van der Waals surface area contributed by atoms with Crippen LogP contribution >= 0.6 is 0 Å². The van der Waals surface area contributed by atoms with Crippen LogP contribution in [0.4, 0.5) is 0 Å². The molecule has 2 fully saturated rings. The summed E-state index contributed by atoms with van der Waals surface area (Å²) in [7, 11) is -4.10. The highest BCUT2D eigenvalue weighted by molar-refractivity contribution is 6.41. The normalized spacial score (nSPS) is 15.8. The minimum absolute atomic E-state index is 0.0671. The van der Waals surface area contributed by atoms with Crippen molar-refractivity contribution in [3.05, 3.63) is 50.7 Å². The summed E-state index contributed by atoms with van der Waals surface area (Å²) in [6.07, 6.45) is 10.3. The molecule has 1 aromatic carbocycles. The smallest absolute Gasteiger partial charge is 0.451 e. The Labute approximate surface area is 529 Å². The first-order chi connectivity index (χ1) is 43.0. The summed E-state index contributed by atoms with van der Waals surface area (Å²) in [5, 5.41) is 107. The minimum Gasteiger partial charge on any atom is -0.508 e. The highest BCUT2D eigenvalue weighted by Gasteiger charge is 2.36. The van der Waals surface area contributed by atoms with E-state index >= 15 is 0 Å². The fraction of sp³-hybridized carbons (Fsp3) is 0.818. The van der Waals surface area contributed by atoms with Gasteiger partial charge in [-0.25, -0.2) is 0 Å². The lowest BCUT2D eigenvalue weighted by molar-refractivity contribution is -0.145. The lowest BCUT2D eigenvalue weighted by Gasteiger charge is -2.34. The first kappa shape index (κ1) is 83.0. The molecule has 3 atom stereocenters. The van der Waals surface area contributed by atoms with Crippen LogP contribution in [0.2, 0.25) is 19.0 Å². The number of carbonyl (C=O) groups excluding carboxylic acids is 1. The highest BCUT2D eigenvalue weighted by atomic mass is 16.5. The summed E-state index contributed by atoms with van der Waals surface area (Å²) in [6, 6.07) is 7.46. The van der Waals surface area contributed by atoms with E-state index in [2.05, 4.69) is 45.8 Å². The van der Waals surface area contributed by atoms with Crippen LogP contribution in [0, 0.1) is 0 Å². The molecule has 1 amide bonds. The third kappa shape index (κ3) is 42.2. The van der Waals surface area contributed by atoms with Crippen molar-refractivity contribution in [2.24, 2.45) is 27.4 Å². The number of nitrogens with one attached hydrogen (secondary N) is 3. The number of azide groups is 2. The number of likely N-dealkylation sites (tertiary alicyclic amines) is 2. The molecule has 2 aliphatic heterocycles. The van der Waals surface area contributed by atoms with Crippen molar-refractivity contribution in [2.75, 3.05) is 125 Å². The maximum Gasteiger partial charge on any atom is 0.451 e. The Bertz CT molecular complexity index is 2170. The van der Waals surface area contributed by atoms with Gasteiger partial charge in [-0.3, -0.25) is 19.2 Å². The number of nitrogens with two attached hydrogens (primary N) is 3. The van der Waals surface area contributed by atoms with E-state index in [1.807, 2.05) is 12.1 Å². The summed E-state index contributed by atoms with van der Waals surface area (Å²) in [5.41, 5.74) is 31.7.